The predicted octanol–water partition coefficient (Wildman–Crippen LogP) is 3.61. The molecule has 0 atom stereocenters. The molecular formula is C11H20. The monoisotopic (exact) mass is 152 g/mol. The van der Waals surface area contributed by atoms with Gasteiger partial charge >= 0.3 is 0 Å². The molecule has 1 spiro atoms. The Labute approximate surface area is 70.4 Å². The lowest BCUT2D eigenvalue weighted by atomic mass is 9.43. The summed E-state index contributed by atoms with van der Waals surface area (Å²) in [7, 11) is 0. The van der Waals surface area contributed by atoms with E-state index < -0.39 is 0 Å². The molecule has 11 heavy (non-hydrogen) atoms. The van der Waals surface area contributed by atoms with Crippen molar-refractivity contribution >= 4 is 0 Å². The van der Waals surface area contributed by atoms with E-state index in [-0.39, 0.29) is 0 Å². The van der Waals surface area contributed by atoms with E-state index in [1.807, 2.05) is 0 Å². The molecule has 0 N–H and O–H groups in total. The van der Waals surface area contributed by atoms with Crippen LogP contribution in [0.5, 0.6) is 0 Å². The molecule has 0 saturated heterocycles. The summed E-state index contributed by atoms with van der Waals surface area (Å²) in [6.07, 6.45) is 7.54. The highest BCUT2D eigenvalue weighted by Crippen LogP contribution is 2.66. The first-order valence-electron chi connectivity index (χ1n) is 5.05. The van der Waals surface area contributed by atoms with E-state index in [9.17, 15) is 0 Å². The lowest BCUT2D eigenvalue weighted by Gasteiger charge is -2.62. The van der Waals surface area contributed by atoms with E-state index in [2.05, 4.69) is 20.8 Å². The van der Waals surface area contributed by atoms with Gasteiger partial charge in [-0.25, -0.2) is 0 Å². The Morgan fingerprint density at radius 3 is 2.09 bits per heavy atom. The van der Waals surface area contributed by atoms with E-state index in [1.165, 1.54) is 19.3 Å². The van der Waals surface area contributed by atoms with Gasteiger partial charge in [-0.1, -0.05) is 27.2 Å². The molecule has 0 aromatic heterocycles. The summed E-state index contributed by atoms with van der Waals surface area (Å²) >= 11 is 0. The maximum absolute atomic E-state index is 2.41. The lowest BCUT2D eigenvalue weighted by molar-refractivity contribution is -0.110. The zero-order chi connectivity index (χ0) is 8.11. The van der Waals surface area contributed by atoms with Crippen LogP contribution in [0.3, 0.4) is 0 Å². The molecule has 2 rings (SSSR count). The smallest absolute Gasteiger partial charge is 0.0282 e. The first-order valence-corrected chi connectivity index (χ1v) is 5.05. The van der Waals surface area contributed by atoms with E-state index in [4.69, 9.17) is 0 Å². The molecule has 0 radical (unpaired) electrons. The SMILES string of the molecule is CCC1CC2(C1)CC(C)(C)C2. The highest BCUT2D eigenvalue weighted by molar-refractivity contribution is 5.05. The summed E-state index contributed by atoms with van der Waals surface area (Å²) in [4.78, 5) is 0. The van der Waals surface area contributed by atoms with Gasteiger partial charge in [-0.05, 0) is 42.4 Å². The number of rotatable bonds is 1. The van der Waals surface area contributed by atoms with Crippen molar-refractivity contribution in [2.75, 3.05) is 0 Å². The normalized spacial score (nSPS) is 33.0. The fraction of sp³-hybridized carbons (Fsp3) is 1.00. The van der Waals surface area contributed by atoms with Gasteiger partial charge in [0.2, 0.25) is 0 Å². The Balaban J connectivity index is 1.83. The average Bonchev–Trinajstić information content (AvgIpc) is 1.75. The van der Waals surface area contributed by atoms with Gasteiger partial charge in [0.1, 0.15) is 0 Å². The minimum absolute atomic E-state index is 0.693. The van der Waals surface area contributed by atoms with Gasteiger partial charge in [0.15, 0.2) is 0 Å². The minimum atomic E-state index is 0.693. The van der Waals surface area contributed by atoms with Crippen LogP contribution in [0.25, 0.3) is 0 Å². The van der Waals surface area contributed by atoms with Gasteiger partial charge in [-0.3, -0.25) is 0 Å². The van der Waals surface area contributed by atoms with E-state index in [1.54, 1.807) is 12.8 Å². The van der Waals surface area contributed by atoms with Crippen molar-refractivity contribution in [3.63, 3.8) is 0 Å². The quantitative estimate of drug-likeness (QED) is 0.538. The zero-order valence-corrected chi connectivity index (χ0v) is 8.11. The van der Waals surface area contributed by atoms with Crippen LogP contribution in [0.15, 0.2) is 0 Å². The Morgan fingerprint density at radius 2 is 1.73 bits per heavy atom. The topological polar surface area (TPSA) is 0 Å². The molecule has 0 heterocycles. The fourth-order valence-electron chi connectivity index (χ4n) is 3.72. The van der Waals surface area contributed by atoms with Crippen LogP contribution in [0, 0.1) is 16.7 Å². The molecule has 2 aliphatic rings. The van der Waals surface area contributed by atoms with Crippen molar-refractivity contribution in [1.29, 1.82) is 0 Å². The highest BCUT2D eigenvalue weighted by Gasteiger charge is 2.55. The Hall–Kier alpha value is 0. The maximum Gasteiger partial charge on any atom is -0.0282 e. The molecule has 0 aliphatic heterocycles. The van der Waals surface area contributed by atoms with Gasteiger partial charge in [-0.15, -0.1) is 0 Å². The van der Waals surface area contributed by atoms with Crippen LogP contribution >= 0.6 is 0 Å². The number of hydrogen-bond donors (Lipinski definition) is 0. The molecule has 2 fully saturated rings. The standard InChI is InChI=1S/C11H20/c1-4-9-5-11(6-9)7-10(2,3)8-11/h9H,4-8H2,1-3H3. The number of hydrogen-bond acceptors (Lipinski definition) is 0. The summed E-state index contributed by atoms with van der Waals surface area (Å²) in [6.45, 7) is 7.16. The van der Waals surface area contributed by atoms with Gasteiger partial charge in [0.05, 0.1) is 0 Å². The van der Waals surface area contributed by atoms with Gasteiger partial charge in [0, 0.05) is 0 Å². The van der Waals surface area contributed by atoms with Crippen LogP contribution in [-0.4, -0.2) is 0 Å². The first kappa shape index (κ1) is 7.64. The second-order valence-electron chi connectivity index (χ2n) is 5.70. The highest BCUT2D eigenvalue weighted by atomic mass is 14.6. The van der Waals surface area contributed by atoms with Crippen molar-refractivity contribution in [2.45, 2.75) is 52.9 Å². The summed E-state index contributed by atoms with van der Waals surface area (Å²) in [5, 5.41) is 0. The molecule has 0 heteroatoms. The largest absolute Gasteiger partial charge is 0.0651 e. The summed E-state index contributed by atoms with van der Waals surface area (Å²) in [6, 6.07) is 0. The van der Waals surface area contributed by atoms with Gasteiger partial charge in [0.25, 0.3) is 0 Å². The second kappa shape index (κ2) is 2.02. The molecule has 0 aromatic rings. The van der Waals surface area contributed by atoms with Crippen molar-refractivity contribution < 1.29 is 0 Å². The molecule has 2 saturated carbocycles. The molecule has 0 unspecified atom stereocenters. The molecule has 0 nitrogen and oxygen atoms in total. The summed E-state index contributed by atoms with van der Waals surface area (Å²) in [5.74, 6) is 1.09. The Bertz CT molecular complexity index is 151. The van der Waals surface area contributed by atoms with Crippen molar-refractivity contribution in [2.24, 2.45) is 16.7 Å². The Kier molecular flexibility index (Phi) is 1.41. The molecule has 0 bridgehead atoms. The third-order valence-corrected chi connectivity index (χ3v) is 3.73. The van der Waals surface area contributed by atoms with Crippen LogP contribution in [0.1, 0.15) is 52.9 Å². The van der Waals surface area contributed by atoms with Crippen molar-refractivity contribution in [3.8, 4) is 0 Å². The van der Waals surface area contributed by atoms with Gasteiger partial charge in [-0.2, -0.15) is 0 Å². The molecular weight excluding hydrogens is 132 g/mol. The first-order chi connectivity index (χ1) is 5.05. The second-order valence-corrected chi connectivity index (χ2v) is 5.70. The minimum Gasteiger partial charge on any atom is -0.0651 e. The predicted molar refractivity (Wildman–Crippen MR) is 48.5 cm³/mol. The van der Waals surface area contributed by atoms with Crippen LogP contribution in [0.2, 0.25) is 0 Å². The van der Waals surface area contributed by atoms with Crippen molar-refractivity contribution in [1.82, 2.24) is 0 Å². The third kappa shape index (κ3) is 1.11. The van der Waals surface area contributed by atoms with E-state index in [0.717, 1.165) is 11.3 Å². The van der Waals surface area contributed by atoms with Crippen molar-refractivity contribution in [3.05, 3.63) is 0 Å². The van der Waals surface area contributed by atoms with Crippen LogP contribution < -0.4 is 0 Å². The summed E-state index contributed by atoms with van der Waals surface area (Å²) < 4.78 is 0. The van der Waals surface area contributed by atoms with E-state index >= 15 is 0 Å². The zero-order valence-electron chi connectivity index (χ0n) is 8.11. The maximum atomic E-state index is 2.41. The molecule has 2 aliphatic carbocycles. The third-order valence-electron chi connectivity index (χ3n) is 3.73. The average molecular weight is 152 g/mol. The fourth-order valence-corrected chi connectivity index (χ4v) is 3.72. The summed E-state index contributed by atoms with van der Waals surface area (Å²) in [5.41, 5.74) is 1.54. The van der Waals surface area contributed by atoms with Gasteiger partial charge < -0.3 is 0 Å². The molecule has 0 amide bonds. The molecule has 0 aromatic carbocycles. The molecule has 64 valence electrons. The van der Waals surface area contributed by atoms with E-state index in [0.29, 0.717) is 5.41 Å². The van der Waals surface area contributed by atoms with Crippen LogP contribution in [-0.2, 0) is 0 Å². The lowest BCUT2D eigenvalue weighted by Crippen LogP contribution is -2.51. The van der Waals surface area contributed by atoms with Crippen LogP contribution in [0.4, 0.5) is 0 Å². The Morgan fingerprint density at radius 1 is 1.18 bits per heavy atom.